The molecule has 4 aromatic rings. The minimum atomic E-state index is -4.50. The van der Waals surface area contributed by atoms with Gasteiger partial charge >= 0.3 is 6.18 Å². The van der Waals surface area contributed by atoms with Crippen LogP contribution in [-0.2, 0) is 6.18 Å². The Bertz CT molecular complexity index is 1180. The van der Waals surface area contributed by atoms with Gasteiger partial charge in [-0.25, -0.2) is 0 Å². The van der Waals surface area contributed by atoms with Gasteiger partial charge < -0.3 is 0 Å². The third-order valence-corrected chi connectivity index (χ3v) is 4.27. The minimum Gasteiger partial charge on any atom is -0.267 e. The lowest BCUT2D eigenvalue weighted by molar-refractivity contribution is -0.137. The van der Waals surface area contributed by atoms with Gasteiger partial charge in [0.2, 0.25) is 0 Å². The highest BCUT2D eigenvalue weighted by molar-refractivity contribution is 5.93. The number of alkyl halides is 3. The van der Waals surface area contributed by atoms with Gasteiger partial charge in [-0.15, -0.1) is 0 Å². The molecule has 0 aliphatic heterocycles. The summed E-state index contributed by atoms with van der Waals surface area (Å²) in [7, 11) is 0. The molecule has 0 spiro atoms. The van der Waals surface area contributed by atoms with Gasteiger partial charge in [-0.2, -0.15) is 23.0 Å². The molecular formula is C21H13F3N2O. The molecule has 0 saturated carbocycles. The van der Waals surface area contributed by atoms with Gasteiger partial charge in [-0.3, -0.25) is 4.79 Å². The first-order valence-corrected chi connectivity index (χ1v) is 8.20. The van der Waals surface area contributed by atoms with E-state index in [9.17, 15) is 18.0 Å². The number of benzene rings is 3. The average Bonchev–Trinajstić information content (AvgIpc) is 2.69. The summed E-state index contributed by atoms with van der Waals surface area (Å²) in [6.07, 6.45) is -4.50. The molecule has 134 valence electrons. The number of hydrogen-bond donors (Lipinski definition) is 0. The molecule has 0 N–H and O–H groups in total. The van der Waals surface area contributed by atoms with Crippen LogP contribution in [0.4, 0.5) is 13.2 Å². The number of hydrogen-bond acceptors (Lipinski definition) is 2. The van der Waals surface area contributed by atoms with Crippen molar-refractivity contribution >= 4 is 10.8 Å². The van der Waals surface area contributed by atoms with Crippen LogP contribution in [0.5, 0.6) is 0 Å². The van der Waals surface area contributed by atoms with E-state index in [4.69, 9.17) is 0 Å². The number of fused-ring (bicyclic) bond motifs is 1. The molecule has 4 rings (SSSR count). The van der Waals surface area contributed by atoms with E-state index >= 15 is 0 Å². The molecule has 1 aromatic heterocycles. The van der Waals surface area contributed by atoms with E-state index in [1.165, 1.54) is 12.1 Å². The van der Waals surface area contributed by atoms with Gasteiger partial charge in [0.05, 0.1) is 22.3 Å². The number of aromatic nitrogens is 2. The van der Waals surface area contributed by atoms with Crippen molar-refractivity contribution in [2.75, 3.05) is 0 Å². The van der Waals surface area contributed by atoms with Gasteiger partial charge in [-0.1, -0.05) is 54.6 Å². The summed E-state index contributed by atoms with van der Waals surface area (Å²) < 4.78 is 40.2. The van der Waals surface area contributed by atoms with Crippen molar-refractivity contribution in [2.24, 2.45) is 0 Å². The third-order valence-electron chi connectivity index (χ3n) is 4.27. The first-order valence-electron chi connectivity index (χ1n) is 8.20. The summed E-state index contributed by atoms with van der Waals surface area (Å²) in [5.41, 5.74) is 0.0723. The maximum Gasteiger partial charge on any atom is 0.416 e. The predicted molar refractivity (Wildman–Crippen MR) is 97.8 cm³/mol. The summed E-state index contributed by atoms with van der Waals surface area (Å²) in [6, 6.07) is 20.8. The van der Waals surface area contributed by atoms with Crippen LogP contribution in [0.3, 0.4) is 0 Å². The highest BCUT2D eigenvalue weighted by Crippen LogP contribution is 2.30. The molecule has 0 radical (unpaired) electrons. The Kier molecular flexibility index (Phi) is 4.03. The summed E-state index contributed by atoms with van der Waals surface area (Å²) >= 11 is 0. The molecule has 3 aromatic carbocycles. The molecule has 0 unspecified atom stereocenters. The van der Waals surface area contributed by atoms with Crippen LogP contribution < -0.4 is 5.56 Å². The lowest BCUT2D eigenvalue weighted by Crippen LogP contribution is -2.22. The van der Waals surface area contributed by atoms with Crippen LogP contribution in [-0.4, -0.2) is 9.78 Å². The van der Waals surface area contributed by atoms with Crippen LogP contribution in [0, 0.1) is 0 Å². The Morgan fingerprint density at radius 3 is 2.15 bits per heavy atom. The largest absolute Gasteiger partial charge is 0.416 e. The topological polar surface area (TPSA) is 34.9 Å². The molecule has 6 heteroatoms. The maximum absolute atomic E-state index is 13.1. The highest BCUT2D eigenvalue weighted by Gasteiger charge is 2.30. The Morgan fingerprint density at radius 1 is 0.778 bits per heavy atom. The Morgan fingerprint density at radius 2 is 1.44 bits per heavy atom. The van der Waals surface area contributed by atoms with Gasteiger partial charge in [0.15, 0.2) is 0 Å². The molecule has 0 atom stereocenters. The van der Waals surface area contributed by atoms with Crippen LogP contribution in [0.1, 0.15) is 5.56 Å². The first-order chi connectivity index (χ1) is 12.9. The minimum absolute atomic E-state index is 0.0674. The molecule has 0 bridgehead atoms. The Labute approximate surface area is 152 Å². The maximum atomic E-state index is 13.1. The second kappa shape index (κ2) is 6.39. The SMILES string of the molecule is O=c1c2ccccc2c(-c2ccccc2)nn1-c1cccc(C(F)(F)F)c1. The van der Waals surface area contributed by atoms with E-state index < -0.39 is 17.3 Å². The van der Waals surface area contributed by atoms with Crippen LogP contribution in [0.2, 0.25) is 0 Å². The van der Waals surface area contributed by atoms with Crippen molar-refractivity contribution in [3.63, 3.8) is 0 Å². The van der Waals surface area contributed by atoms with Gasteiger partial charge in [0.1, 0.15) is 0 Å². The Balaban J connectivity index is 2.03. The standard InChI is InChI=1S/C21H13F3N2O/c22-21(23,24)15-9-6-10-16(13-15)26-20(27)18-12-5-4-11-17(18)19(25-26)14-7-2-1-3-8-14/h1-13H. The van der Waals surface area contributed by atoms with Crippen molar-refractivity contribution in [1.82, 2.24) is 9.78 Å². The summed E-state index contributed by atoms with van der Waals surface area (Å²) in [4.78, 5) is 12.9. The average molecular weight is 366 g/mol. The zero-order valence-electron chi connectivity index (χ0n) is 13.9. The summed E-state index contributed by atoms with van der Waals surface area (Å²) in [5, 5.41) is 5.44. The van der Waals surface area contributed by atoms with E-state index in [2.05, 4.69) is 5.10 Å². The monoisotopic (exact) mass is 366 g/mol. The fraction of sp³-hybridized carbons (Fsp3) is 0.0476. The molecular weight excluding hydrogens is 353 g/mol. The number of halogens is 3. The van der Waals surface area contributed by atoms with Crippen molar-refractivity contribution in [1.29, 1.82) is 0 Å². The zero-order valence-corrected chi connectivity index (χ0v) is 13.9. The summed E-state index contributed by atoms with van der Waals surface area (Å²) in [6.45, 7) is 0. The fourth-order valence-corrected chi connectivity index (χ4v) is 2.99. The van der Waals surface area contributed by atoms with E-state index in [0.29, 0.717) is 16.5 Å². The number of rotatable bonds is 2. The molecule has 0 fully saturated rings. The van der Waals surface area contributed by atoms with Crippen molar-refractivity contribution in [3.05, 3.63) is 94.8 Å². The molecule has 3 nitrogen and oxygen atoms in total. The van der Waals surface area contributed by atoms with E-state index in [1.54, 1.807) is 24.3 Å². The van der Waals surface area contributed by atoms with Crippen LogP contribution in [0.15, 0.2) is 83.7 Å². The third kappa shape index (κ3) is 3.10. The normalized spacial score (nSPS) is 11.7. The first kappa shape index (κ1) is 17.0. The highest BCUT2D eigenvalue weighted by atomic mass is 19.4. The smallest absolute Gasteiger partial charge is 0.267 e. The van der Waals surface area contributed by atoms with Gasteiger partial charge in [-0.05, 0) is 24.3 Å². The zero-order chi connectivity index (χ0) is 19.0. The summed E-state index contributed by atoms with van der Waals surface area (Å²) in [5.74, 6) is 0. The van der Waals surface area contributed by atoms with Gasteiger partial charge in [0, 0.05) is 10.9 Å². The van der Waals surface area contributed by atoms with Gasteiger partial charge in [0.25, 0.3) is 5.56 Å². The molecule has 1 heterocycles. The van der Waals surface area contributed by atoms with Crippen molar-refractivity contribution < 1.29 is 13.2 Å². The number of nitrogens with zero attached hydrogens (tertiary/aromatic N) is 2. The molecule has 0 aliphatic carbocycles. The van der Waals surface area contributed by atoms with Crippen LogP contribution >= 0.6 is 0 Å². The van der Waals surface area contributed by atoms with E-state index in [1.807, 2.05) is 30.3 Å². The Hall–Kier alpha value is -3.41. The predicted octanol–water partition coefficient (Wildman–Crippen LogP) is 5.07. The lowest BCUT2D eigenvalue weighted by Gasteiger charge is -2.13. The second-order valence-electron chi connectivity index (χ2n) is 6.03. The van der Waals surface area contributed by atoms with Crippen molar-refractivity contribution in [2.45, 2.75) is 6.18 Å². The lowest BCUT2D eigenvalue weighted by atomic mass is 10.1. The van der Waals surface area contributed by atoms with E-state index in [0.717, 1.165) is 22.4 Å². The molecule has 0 amide bonds. The van der Waals surface area contributed by atoms with Crippen LogP contribution in [0.25, 0.3) is 27.7 Å². The fourth-order valence-electron chi connectivity index (χ4n) is 2.99. The van der Waals surface area contributed by atoms with Crippen molar-refractivity contribution in [3.8, 4) is 16.9 Å². The molecule has 27 heavy (non-hydrogen) atoms. The molecule has 0 saturated heterocycles. The molecule has 0 aliphatic rings. The second-order valence-corrected chi connectivity index (χ2v) is 6.03. The quantitative estimate of drug-likeness (QED) is 0.496. The van der Waals surface area contributed by atoms with E-state index in [-0.39, 0.29) is 5.69 Å².